The number of ether oxygens (including phenoxy) is 1. The summed E-state index contributed by atoms with van der Waals surface area (Å²) in [6.45, 7) is 10.6. The minimum absolute atomic E-state index is 0.0402. The molecule has 0 atom stereocenters. The van der Waals surface area contributed by atoms with Crippen molar-refractivity contribution in [2.24, 2.45) is 0 Å². The van der Waals surface area contributed by atoms with Gasteiger partial charge in [-0.15, -0.1) is 11.3 Å². The molecule has 6 heteroatoms. The van der Waals surface area contributed by atoms with E-state index < -0.39 is 0 Å². The molecule has 0 fully saturated rings. The van der Waals surface area contributed by atoms with E-state index in [-0.39, 0.29) is 23.6 Å². The number of fused-ring (bicyclic) bond motifs is 1. The lowest BCUT2D eigenvalue weighted by atomic mass is 9.82. The van der Waals surface area contributed by atoms with E-state index in [4.69, 9.17) is 10.5 Å². The third-order valence-corrected chi connectivity index (χ3v) is 6.02. The topological polar surface area (TPSA) is 76.4 Å². The minimum Gasteiger partial charge on any atom is -0.484 e. The largest absolute Gasteiger partial charge is 0.484 e. The molecule has 26 heavy (non-hydrogen) atoms. The Morgan fingerprint density at radius 2 is 1.92 bits per heavy atom. The number of carbonyl (C=O) groups excluding carboxylic acids is 1. The molecule has 1 aromatic carbocycles. The number of carbonyl (C=O) groups is 1. The van der Waals surface area contributed by atoms with Crippen molar-refractivity contribution >= 4 is 27.9 Å². The fraction of sp³-hybridized carbons (Fsp3) is 0.450. The van der Waals surface area contributed by atoms with E-state index in [1.54, 1.807) is 11.3 Å². The van der Waals surface area contributed by atoms with E-state index in [0.29, 0.717) is 16.4 Å². The van der Waals surface area contributed by atoms with E-state index in [2.05, 4.69) is 38.3 Å². The van der Waals surface area contributed by atoms with Crippen LogP contribution in [0.2, 0.25) is 0 Å². The Kier molecular flexibility index (Phi) is 4.75. The molecule has 2 aromatic rings. The Morgan fingerprint density at radius 3 is 2.58 bits per heavy atom. The van der Waals surface area contributed by atoms with Crippen LogP contribution in [0.4, 0.5) is 10.7 Å². The average molecular weight is 374 g/mol. The fourth-order valence-electron chi connectivity index (χ4n) is 3.59. The lowest BCUT2D eigenvalue weighted by Gasteiger charge is -2.42. The molecule has 0 aliphatic carbocycles. The predicted octanol–water partition coefficient (Wildman–Crippen LogP) is 3.82. The van der Waals surface area contributed by atoms with Crippen molar-refractivity contribution in [2.45, 2.75) is 52.1 Å². The summed E-state index contributed by atoms with van der Waals surface area (Å²) in [4.78, 5) is 13.5. The van der Waals surface area contributed by atoms with Crippen LogP contribution in [0.5, 0.6) is 5.75 Å². The quantitative estimate of drug-likeness (QED) is 0.761. The summed E-state index contributed by atoms with van der Waals surface area (Å²) < 4.78 is 5.55. The molecule has 1 aromatic heterocycles. The number of anilines is 2. The van der Waals surface area contributed by atoms with Crippen LogP contribution >= 0.6 is 11.3 Å². The monoisotopic (exact) mass is 373 g/mol. The van der Waals surface area contributed by atoms with Crippen LogP contribution in [0.25, 0.3) is 0 Å². The number of hydrogen-bond donors (Lipinski definition) is 3. The van der Waals surface area contributed by atoms with E-state index in [9.17, 15) is 4.79 Å². The highest BCUT2D eigenvalue weighted by Crippen LogP contribution is 2.46. The molecule has 140 valence electrons. The summed E-state index contributed by atoms with van der Waals surface area (Å²) >= 11 is 1.55. The number of aryl methyl sites for hydroxylation is 1. The summed E-state index contributed by atoms with van der Waals surface area (Å²) in [6.07, 6.45) is 0.837. The van der Waals surface area contributed by atoms with Crippen molar-refractivity contribution in [3.05, 3.63) is 40.3 Å². The van der Waals surface area contributed by atoms with Crippen molar-refractivity contribution in [3.8, 4) is 5.75 Å². The Hall–Kier alpha value is -2.05. The highest BCUT2D eigenvalue weighted by atomic mass is 32.1. The second-order valence-electron chi connectivity index (χ2n) is 8.11. The predicted molar refractivity (Wildman–Crippen MR) is 108 cm³/mol. The van der Waals surface area contributed by atoms with Gasteiger partial charge in [0, 0.05) is 16.0 Å². The molecule has 0 saturated carbocycles. The molecule has 0 bridgehead atoms. The molecule has 0 unspecified atom stereocenters. The Labute approximate surface area is 158 Å². The first-order chi connectivity index (χ1) is 12.1. The first kappa shape index (κ1) is 18.7. The summed E-state index contributed by atoms with van der Waals surface area (Å²) in [5.74, 6) is 0.470. The van der Waals surface area contributed by atoms with E-state index >= 15 is 0 Å². The molecule has 5 nitrogen and oxygen atoms in total. The number of benzene rings is 1. The smallest absolute Gasteiger partial charge is 0.262 e. The summed E-state index contributed by atoms with van der Waals surface area (Å²) in [5.41, 5.74) is 9.11. The highest BCUT2D eigenvalue weighted by molar-refractivity contribution is 7.17. The highest BCUT2D eigenvalue weighted by Gasteiger charge is 2.40. The standard InChI is InChI=1S/C20H27N3O2S/c1-12-6-8-13(9-7-12)25-11-15(24)22-18-16(21)14-10-19(2,3)23-20(4,5)17(14)26-18/h6-9,23H,10-11,21H2,1-5H3,(H,22,24). The normalized spacial score (nSPS) is 17.4. The van der Waals surface area contributed by atoms with Gasteiger partial charge < -0.3 is 21.1 Å². The molecule has 2 heterocycles. The van der Waals surface area contributed by atoms with Crippen LogP contribution in [0.1, 0.15) is 43.7 Å². The minimum atomic E-state index is -0.208. The number of amides is 1. The number of nitrogens with one attached hydrogen (secondary N) is 2. The third kappa shape index (κ3) is 3.86. The molecule has 0 spiro atoms. The molecule has 4 N–H and O–H groups in total. The third-order valence-electron chi connectivity index (χ3n) is 4.53. The van der Waals surface area contributed by atoms with Gasteiger partial charge in [0.15, 0.2) is 6.61 Å². The molecule has 3 rings (SSSR count). The van der Waals surface area contributed by atoms with E-state index in [1.807, 2.05) is 31.2 Å². The maximum absolute atomic E-state index is 12.3. The lowest BCUT2D eigenvalue weighted by Crippen LogP contribution is -2.54. The SMILES string of the molecule is Cc1ccc(OCC(=O)Nc2sc3c(c2N)CC(C)(C)NC3(C)C)cc1. The van der Waals surface area contributed by atoms with Crippen molar-refractivity contribution in [1.29, 1.82) is 0 Å². The van der Waals surface area contributed by atoms with Crippen LogP contribution in [-0.4, -0.2) is 18.1 Å². The number of thiophene rings is 1. The van der Waals surface area contributed by atoms with Crippen molar-refractivity contribution < 1.29 is 9.53 Å². The van der Waals surface area contributed by atoms with Crippen LogP contribution in [0.3, 0.4) is 0 Å². The van der Waals surface area contributed by atoms with Gasteiger partial charge in [-0.25, -0.2) is 0 Å². The Balaban J connectivity index is 1.72. The number of rotatable bonds is 4. The first-order valence-corrected chi connectivity index (χ1v) is 9.59. The fourth-order valence-corrected chi connectivity index (χ4v) is 4.80. The number of nitrogen functional groups attached to an aromatic ring is 1. The number of nitrogens with two attached hydrogens (primary N) is 1. The van der Waals surface area contributed by atoms with Gasteiger partial charge in [-0.05, 0) is 58.7 Å². The summed E-state index contributed by atoms with van der Waals surface area (Å²) in [5, 5.41) is 7.28. The Morgan fingerprint density at radius 1 is 1.27 bits per heavy atom. The van der Waals surface area contributed by atoms with Crippen molar-refractivity contribution in [2.75, 3.05) is 17.7 Å². The van der Waals surface area contributed by atoms with E-state index in [1.165, 1.54) is 4.88 Å². The molecule has 1 amide bonds. The average Bonchev–Trinajstić information content (AvgIpc) is 2.83. The van der Waals surface area contributed by atoms with Crippen LogP contribution in [0, 0.1) is 6.92 Å². The van der Waals surface area contributed by atoms with Crippen molar-refractivity contribution in [3.63, 3.8) is 0 Å². The molecule has 1 aliphatic rings. The van der Waals surface area contributed by atoms with Crippen LogP contribution in [-0.2, 0) is 16.8 Å². The zero-order valence-corrected chi connectivity index (χ0v) is 16.8. The maximum Gasteiger partial charge on any atom is 0.262 e. The van der Waals surface area contributed by atoms with Gasteiger partial charge in [0.2, 0.25) is 0 Å². The molecule has 0 saturated heterocycles. The molecule has 0 radical (unpaired) electrons. The summed E-state index contributed by atoms with van der Waals surface area (Å²) in [7, 11) is 0. The van der Waals surface area contributed by atoms with E-state index in [0.717, 1.165) is 17.5 Å². The zero-order valence-electron chi connectivity index (χ0n) is 16.0. The van der Waals surface area contributed by atoms with Gasteiger partial charge in [0.1, 0.15) is 10.8 Å². The second-order valence-corrected chi connectivity index (χ2v) is 9.13. The van der Waals surface area contributed by atoms with Gasteiger partial charge >= 0.3 is 0 Å². The summed E-state index contributed by atoms with van der Waals surface area (Å²) in [6, 6.07) is 7.62. The number of hydrogen-bond acceptors (Lipinski definition) is 5. The van der Waals surface area contributed by atoms with Crippen LogP contribution < -0.4 is 21.1 Å². The molecular formula is C20H27N3O2S. The molecular weight excluding hydrogens is 346 g/mol. The lowest BCUT2D eigenvalue weighted by molar-refractivity contribution is -0.118. The van der Waals surface area contributed by atoms with Gasteiger partial charge in [-0.2, -0.15) is 0 Å². The second kappa shape index (κ2) is 6.59. The van der Waals surface area contributed by atoms with Gasteiger partial charge in [-0.1, -0.05) is 17.7 Å². The van der Waals surface area contributed by atoms with Gasteiger partial charge in [0.25, 0.3) is 5.91 Å². The molecule has 1 aliphatic heterocycles. The first-order valence-electron chi connectivity index (χ1n) is 8.78. The van der Waals surface area contributed by atoms with Gasteiger partial charge in [0.05, 0.1) is 5.69 Å². The van der Waals surface area contributed by atoms with Crippen LogP contribution in [0.15, 0.2) is 24.3 Å². The zero-order chi connectivity index (χ0) is 19.1. The van der Waals surface area contributed by atoms with Crippen molar-refractivity contribution in [1.82, 2.24) is 5.32 Å². The Bertz CT molecular complexity index is 822. The van der Waals surface area contributed by atoms with Gasteiger partial charge in [-0.3, -0.25) is 4.79 Å². The maximum atomic E-state index is 12.3.